The molecule has 2 aliphatic rings. The van der Waals surface area contributed by atoms with Crippen LogP contribution in [0.4, 0.5) is 5.82 Å². The quantitative estimate of drug-likeness (QED) is 0.550. The van der Waals surface area contributed by atoms with Gasteiger partial charge in [-0.1, -0.05) is 18.2 Å². The van der Waals surface area contributed by atoms with E-state index in [0.717, 1.165) is 11.3 Å². The summed E-state index contributed by atoms with van der Waals surface area (Å²) in [4.78, 5) is 15.3. The van der Waals surface area contributed by atoms with Gasteiger partial charge in [-0.3, -0.25) is 4.57 Å². The molecule has 1 fully saturated rings. The van der Waals surface area contributed by atoms with Crippen molar-refractivity contribution in [2.45, 2.75) is 31.1 Å². The van der Waals surface area contributed by atoms with E-state index in [0.29, 0.717) is 36.7 Å². The number of hydrogen-bond donors (Lipinski definition) is 3. The topological polar surface area (TPSA) is 126 Å². The van der Waals surface area contributed by atoms with E-state index in [1.165, 1.54) is 12.7 Å². The maximum Gasteiger partial charge on any atom is 0.167 e. The maximum absolute atomic E-state index is 10.3. The van der Waals surface area contributed by atoms with Crippen molar-refractivity contribution in [1.29, 1.82) is 0 Å². The lowest BCUT2D eigenvalue weighted by Gasteiger charge is -2.21. The van der Waals surface area contributed by atoms with E-state index < -0.39 is 31.1 Å². The highest BCUT2D eigenvalue weighted by atomic mass is 16.6. The molecule has 3 aromatic rings. The second-order valence-electron chi connectivity index (χ2n) is 7.13. The number of hydrogen-bond acceptors (Lipinski definition) is 9. The number of aliphatic hydroxyl groups is 3. The van der Waals surface area contributed by atoms with Gasteiger partial charge in [0.25, 0.3) is 0 Å². The van der Waals surface area contributed by atoms with E-state index in [4.69, 9.17) is 9.47 Å². The number of para-hydroxylation sites is 1. The Morgan fingerprint density at radius 1 is 1.10 bits per heavy atom. The van der Waals surface area contributed by atoms with E-state index in [1.54, 1.807) is 4.57 Å². The molecule has 0 aliphatic carbocycles. The van der Waals surface area contributed by atoms with E-state index >= 15 is 0 Å². The molecule has 10 nitrogen and oxygen atoms in total. The Morgan fingerprint density at radius 2 is 1.97 bits per heavy atom. The van der Waals surface area contributed by atoms with Gasteiger partial charge in [-0.2, -0.15) is 0 Å². The van der Waals surface area contributed by atoms with Crippen LogP contribution in [0.25, 0.3) is 11.2 Å². The number of nitrogens with zero attached hydrogens (tertiary/aromatic N) is 5. The zero-order valence-corrected chi connectivity index (χ0v) is 15.5. The van der Waals surface area contributed by atoms with Gasteiger partial charge < -0.3 is 29.7 Å². The average Bonchev–Trinajstić information content (AvgIpc) is 3.20. The molecule has 0 saturated carbocycles. The SMILES string of the molecule is OC[C@H]1O[C@@H](n2cnc3c(N4CCOc5ccccc5C4)ncnc32)[C@H](O)[C@@H]1O. The van der Waals surface area contributed by atoms with Gasteiger partial charge >= 0.3 is 0 Å². The van der Waals surface area contributed by atoms with Crippen LogP contribution in [0.2, 0.25) is 0 Å². The lowest BCUT2D eigenvalue weighted by atomic mass is 10.1. The summed E-state index contributed by atoms with van der Waals surface area (Å²) < 4.78 is 13.0. The molecule has 1 aromatic carbocycles. The highest BCUT2D eigenvalue weighted by Gasteiger charge is 2.44. The molecule has 0 spiro atoms. The molecule has 3 N–H and O–H groups in total. The molecule has 10 heteroatoms. The standard InChI is InChI=1S/C19H21N5O5/c25-8-13-15(26)16(27)19(29-13)24-10-22-14-17(20-9-21-18(14)24)23-5-6-28-12-4-2-1-3-11(12)7-23/h1-4,9-10,13,15-16,19,25-27H,5-8H2/t13-,15-,16-,19-/m1/s1. The van der Waals surface area contributed by atoms with Crippen molar-refractivity contribution in [2.24, 2.45) is 0 Å². The number of benzene rings is 1. The Morgan fingerprint density at radius 3 is 2.79 bits per heavy atom. The number of imidazole rings is 1. The van der Waals surface area contributed by atoms with Crippen LogP contribution in [-0.2, 0) is 11.3 Å². The maximum atomic E-state index is 10.3. The van der Waals surface area contributed by atoms with Gasteiger partial charge in [0.15, 0.2) is 23.2 Å². The van der Waals surface area contributed by atoms with Gasteiger partial charge in [0.05, 0.1) is 19.5 Å². The van der Waals surface area contributed by atoms with Crippen molar-refractivity contribution in [3.05, 3.63) is 42.5 Å². The third-order valence-electron chi connectivity index (χ3n) is 5.38. The molecule has 0 amide bonds. The minimum absolute atomic E-state index is 0.394. The summed E-state index contributed by atoms with van der Waals surface area (Å²) in [6, 6.07) is 7.88. The molecule has 1 saturated heterocycles. The van der Waals surface area contributed by atoms with Crippen molar-refractivity contribution < 1.29 is 24.8 Å². The van der Waals surface area contributed by atoms with Crippen LogP contribution in [0.5, 0.6) is 5.75 Å². The Kier molecular flexibility index (Phi) is 4.55. The summed E-state index contributed by atoms with van der Waals surface area (Å²) in [5, 5.41) is 29.7. The monoisotopic (exact) mass is 399 g/mol. The fourth-order valence-electron chi connectivity index (χ4n) is 3.87. The minimum Gasteiger partial charge on any atom is -0.491 e. The van der Waals surface area contributed by atoms with Crippen molar-refractivity contribution in [1.82, 2.24) is 19.5 Å². The van der Waals surface area contributed by atoms with Crippen molar-refractivity contribution in [3.63, 3.8) is 0 Å². The predicted octanol–water partition coefficient (Wildman–Crippen LogP) is -0.163. The molecule has 0 unspecified atom stereocenters. The fraction of sp³-hybridized carbons (Fsp3) is 0.421. The molecule has 2 aliphatic heterocycles. The van der Waals surface area contributed by atoms with Crippen LogP contribution >= 0.6 is 0 Å². The zero-order chi connectivity index (χ0) is 20.0. The number of aliphatic hydroxyl groups excluding tert-OH is 3. The van der Waals surface area contributed by atoms with E-state index in [-0.39, 0.29) is 0 Å². The third-order valence-corrected chi connectivity index (χ3v) is 5.38. The summed E-state index contributed by atoms with van der Waals surface area (Å²) in [7, 11) is 0. The van der Waals surface area contributed by atoms with Crippen molar-refractivity contribution >= 4 is 17.0 Å². The number of fused-ring (bicyclic) bond motifs is 2. The first-order valence-electron chi connectivity index (χ1n) is 9.43. The number of anilines is 1. The lowest BCUT2D eigenvalue weighted by molar-refractivity contribution is -0.0511. The van der Waals surface area contributed by atoms with Gasteiger partial charge in [-0.15, -0.1) is 0 Å². The third kappa shape index (κ3) is 3.01. The van der Waals surface area contributed by atoms with Crippen LogP contribution < -0.4 is 9.64 Å². The summed E-state index contributed by atoms with van der Waals surface area (Å²) in [6.07, 6.45) is -1.22. The largest absolute Gasteiger partial charge is 0.491 e. The Balaban J connectivity index is 1.51. The molecule has 152 valence electrons. The molecule has 2 aromatic heterocycles. The normalized spacial score (nSPS) is 26.9. The smallest absolute Gasteiger partial charge is 0.167 e. The summed E-state index contributed by atoms with van der Waals surface area (Å²) in [5.74, 6) is 1.51. The first-order valence-corrected chi connectivity index (χ1v) is 9.43. The van der Waals surface area contributed by atoms with Crippen LogP contribution in [-0.4, -0.2) is 72.9 Å². The Hall–Kier alpha value is -2.79. The van der Waals surface area contributed by atoms with Gasteiger partial charge in [-0.05, 0) is 6.07 Å². The summed E-state index contributed by atoms with van der Waals surface area (Å²) in [5.41, 5.74) is 2.09. The summed E-state index contributed by atoms with van der Waals surface area (Å²) in [6.45, 7) is 1.36. The highest BCUT2D eigenvalue weighted by Crippen LogP contribution is 2.33. The Labute approximate surface area is 166 Å². The minimum atomic E-state index is -1.21. The first-order chi connectivity index (χ1) is 14.2. The van der Waals surface area contributed by atoms with Crippen molar-refractivity contribution in [3.8, 4) is 5.75 Å². The van der Waals surface area contributed by atoms with Gasteiger partial charge in [0.2, 0.25) is 0 Å². The fourth-order valence-corrected chi connectivity index (χ4v) is 3.87. The number of ether oxygens (including phenoxy) is 2. The van der Waals surface area contributed by atoms with Crippen LogP contribution in [0.1, 0.15) is 11.8 Å². The summed E-state index contributed by atoms with van der Waals surface area (Å²) >= 11 is 0. The molecule has 29 heavy (non-hydrogen) atoms. The molecular weight excluding hydrogens is 378 g/mol. The molecule has 5 rings (SSSR count). The van der Waals surface area contributed by atoms with E-state index in [1.807, 2.05) is 24.3 Å². The second-order valence-corrected chi connectivity index (χ2v) is 7.13. The van der Waals surface area contributed by atoms with Gasteiger partial charge in [-0.25, -0.2) is 15.0 Å². The van der Waals surface area contributed by atoms with Gasteiger partial charge in [0, 0.05) is 12.1 Å². The molecule has 0 bridgehead atoms. The van der Waals surface area contributed by atoms with Crippen molar-refractivity contribution in [2.75, 3.05) is 24.7 Å². The zero-order valence-electron chi connectivity index (χ0n) is 15.5. The predicted molar refractivity (Wildman–Crippen MR) is 101 cm³/mol. The van der Waals surface area contributed by atoms with Crippen LogP contribution in [0, 0.1) is 0 Å². The number of rotatable bonds is 3. The average molecular weight is 399 g/mol. The van der Waals surface area contributed by atoms with E-state index in [2.05, 4.69) is 19.9 Å². The van der Waals surface area contributed by atoms with E-state index in [9.17, 15) is 15.3 Å². The number of aromatic nitrogens is 4. The highest BCUT2D eigenvalue weighted by molar-refractivity contribution is 5.83. The van der Waals surface area contributed by atoms with Crippen LogP contribution in [0.15, 0.2) is 36.9 Å². The van der Waals surface area contributed by atoms with Crippen LogP contribution in [0.3, 0.4) is 0 Å². The van der Waals surface area contributed by atoms with Gasteiger partial charge in [0.1, 0.15) is 37.0 Å². The molecule has 4 heterocycles. The molecular formula is C19H21N5O5. The first kappa shape index (κ1) is 18.3. The molecule has 0 radical (unpaired) electrons. The Bertz CT molecular complexity index is 1030. The second kappa shape index (κ2) is 7.23. The lowest BCUT2D eigenvalue weighted by Crippen LogP contribution is -2.33. The molecule has 4 atom stereocenters.